The van der Waals surface area contributed by atoms with Gasteiger partial charge in [0.15, 0.2) is 0 Å². The molecule has 3 heteroatoms. The zero-order valence-corrected chi connectivity index (χ0v) is 10.5. The van der Waals surface area contributed by atoms with E-state index >= 15 is 0 Å². The highest BCUT2D eigenvalue weighted by Crippen LogP contribution is 2.25. The van der Waals surface area contributed by atoms with Gasteiger partial charge in [0.2, 0.25) is 0 Å². The number of pyridine rings is 1. The lowest BCUT2D eigenvalue weighted by Crippen LogP contribution is -1.99. The zero-order chi connectivity index (χ0) is 13.0. The highest BCUT2D eigenvalue weighted by Gasteiger charge is 2.06. The first-order chi connectivity index (χ1) is 8.70. The van der Waals surface area contributed by atoms with Crippen LogP contribution in [0.2, 0.25) is 0 Å². The first kappa shape index (κ1) is 12.1. The molecule has 3 nitrogen and oxygen atoms in total. The molecule has 0 aliphatic heterocycles. The van der Waals surface area contributed by atoms with Crippen LogP contribution in [-0.4, -0.2) is 4.98 Å². The fraction of sp³-hybridized carbons (Fsp3) is 0.200. The normalized spacial score (nSPS) is 9.83. The summed E-state index contributed by atoms with van der Waals surface area (Å²) < 4.78 is 5.80. The van der Waals surface area contributed by atoms with Crippen LogP contribution in [0.1, 0.15) is 22.3 Å². The third-order valence-electron chi connectivity index (χ3n) is 2.70. The highest BCUT2D eigenvalue weighted by atomic mass is 16.5. The molecule has 0 fully saturated rings. The van der Waals surface area contributed by atoms with E-state index in [9.17, 15) is 0 Å². The molecular formula is C15H14N2O. The van der Waals surface area contributed by atoms with Crippen LogP contribution in [0.5, 0.6) is 5.75 Å². The molecule has 2 aromatic rings. The van der Waals surface area contributed by atoms with E-state index in [2.05, 4.69) is 11.1 Å². The van der Waals surface area contributed by atoms with E-state index in [0.29, 0.717) is 12.2 Å². The van der Waals surface area contributed by atoms with Crippen molar-refractivity contribution in [2.75, 3.05) is 0 Å². The summed E-state index contributed by atoms with van der Waals surface area (Å²) in [6.45, 7) is 4.39. The van der Waals surface area contributed by atoms with Gasteiger partial charge >= 0.3 is 0 Å². The predicted octanol–water partition coefficient (Wildman–Crippen LogP) is 3.15. The number of aryl methyl sites for hydroxylation is 2. The van der Waals surface area contributed by atoms with Gasteiger partial charge in [0, 0.05) is 18.0 Å². The summed E-state index contributed by atoms with van der Waals surface area (Å²) in [6, 6.07) is 9.68. The number of hydrogen-bond acceptors (Lipinski definition) is 3. The van der Waals surface area contributed by atoms with E-state index in [1.807, 2.05) is 38.1 Å². The first-order valence-corrected chi connectivity index (χ1v) is 5.74. The van der Waals surface area contributed by atoms with Gasteiger partial charge in [-0.1, -0.05) is 6.07 Å². The Balaban J connectivity index is 2.18. The summed E-state index contributed by atoms with van der Waals surface area (Å²) in [4.78, 5) is 4.05. The lowest BCUT2D eigenvalue weighted by molar-refractivity contribution is 0.301. The number of aromatic nitrogens is 1. The van der Waals surface area contributed by atoms with E-state index in [1.165, 1.54) is 0 Å². The van der Waals surface area contributed by atoms with Crippen LogP contribution in [-0.2, 0) is 6.61 Å². The van der Waals surface area contributed by atoms with Gasteiger partial charge in [-0.05, 0) is 43.2 Å². The molecule has 1 heterocycles. The zero-order valence-electron chi connectivity index (χ0n) is 10.5. The number of rotatable bonds is 3. The van der Waals surface area contributed by atoms with Gasteiger partial charge in [0.25, 0.3) is 0 Å². The summed E-state index contributed by atoms with van der Waals surface area (Å²) in [5.74, 6) is 0.845. The van der Waals surface area contributed by atoms with Crippen molar-refractivity contribution in [3.05, 3.63) is 58.9 Å². The standard InChI is InChI=1S/C15H14N2O/c1-11-6-14(8-16)7-12(2)15(11)18-10-13-4-3-5-17-9-13/h3-7,9H,10H2,1-2H3. The van der Waals surface area contributed by atoms with Crippen molar-refractivity contribution in [3.63, 3.8) is 0 Å². The molecule has 0 saturated heterocycles. The second kappa shape index (κ2) is 5.33. The van der Waals surface area contributed by atoms with Crippen LogP contribution >= 0.6 is 0 Å². The van der Waals surface area contributed by atoms with Crippen LogP contribution in [0.3, 0.4) is 0 Å². The van der Waals surface area contributed by atoms with Crippen LogP contribution in [0, 0.1) is 25.2 Å². The van der Waals surface area contributed by atoms with Gasteiger partial charge in [0.05, 0.1) is 11.6 Å². The SMILES string of the molecule is Cc1cc(C#N)cc(C)c1OCc1cccnc1. The average Bonchev–Trinajstić information content (AvgIpc) is 2.38. The first-order valence-electron chi connectivity index (χ1n) is 5.74. The Morgan fingerprint density at radius 2 is 2.00 bits per heavy atom. The molecule has 0 spiro atoms. The minimum absolute atomic E-state index is 0.488. The molecule has 0 radical (unpaired) electrons. The fourth-order valence-electron chi connectivity index (χ4n) is 1.88. The van der Waals surface area contributed by atoms with Crippen molar-refractivity contribution < 1.29 is 4.74 Å². The molecule has 18 heavy (non-hydrogen) atoms. The summed E-state index contributed by atoms with van der Waals surface area (Å²) in [7, 11) is 0. The molecular weight excluding hydrogens is 224 g/mol. The monoisotopic (exact) mass is 238 g/mol. The summed E-state index contributed by atoms with van der Waals surface area (Å²) in [5.41, 5.74) is 3.66. The minimum Gasteiger partial charge on any atom is -0.488 e. The van der Waals surface area contributed by atoms with E-state index in [-0.39, 0.29) is 0 Å². The molecule has 0 atom stereocenters. The minimum atomic E-state index is 0.488. The van der Waals surface area contributed by atoms with Gasteiger partial charge in [-0.25, -0.2) is 0 Å². The smallest absolute Gasteiger partial charge is 0.125 e. The summed E-state index contributed by atoms with van der Waals surface area (Å²) in [5, 5.41) is 8.89. The van der Waals surface area contributed by atoms with Gasteiger partial charge < -0.3 is 4.74 Å². The Morgan fingerprint density at radius 3 is 2.56 bits per heavy atom. The topological polar surface area (TPSA) is 45.9 Å². The molecule has 0 bridgehead atoms. The largest absolute Gasteiger partial charge is 0.488 e. The van der Waals surface area contributed by atoms with Crippen molar-refractivity contribution in [1.82, 2.24) is 4.98 Å². The molecule has 90 valence electrons. The lowest BCUT2D eigenvalue weighted by Gasteiger charge is -2.12. The van der Waals surface area contributed by atoms with Crippen molar-refractivity contribution in [2.45, 2.75) is 20.5 Å². The van der Waals surface area contributed by atoms with Gasteiger partial charge in [-0.3, -0.25) is 4.98 Å². The quantitative estimate of drug-likeness (QED) is 0.825. The van der Waals surface area contributed by atoms with E-state index < -0.39 is 0 Å². The second-order valence-electron chi connectivity index (χ2n) is 4.20. The van der Waals surface area contributed by atoms with E-state index in [4.69, 9.17) is 10.00 Å². The third kappa shape index (κ3) is 2.67. The van der Waals surface area contributed by atoms with E-state index in [0.717, 1.165) is 22.4 Å². The van der Waals surface area contributed by atoms with Crippen molar-refractivity contribution in [2.24, 2.45) is 0 Å². The Kier molecular flexibility index (Phi) is 3.59. The molecule has 0 unspecified atom stereocenters. The summed E-state index contributed by atoms with van der Waals surface area (Å²) >= 11 is 0. The maximum atomic E-state index is 8.89. The maximum Gasteiger partial charge on any atom is 0.125 e. The third-order valence-corrected chi connectivity index (χ3v) is 2.70. The van der Waals surface area contributed by atoms with E-state index in [1.54, 1.807) is 12.4 Å². The highest BCUT2D eigenvalue weighted by molar-refractivity contribution is 5.47. The van der Waals surface area contributed by atoms with Gasteiger partial charge in [0.1, 0.15) is 12.4 Å². The Labute approximate surface area is 107 Å². The number of nitriles is 1. The van der Waals surface area contributed by atoms with Crippen molar-refractivity contribution >= 4 is 0 Å². The van der Waals surface area contributed by atoms with Crippen LogP contribution in [0.25, 0.3) is 0 Å². The Bertz CT molecular complexity index is 562. The number of benzene rings is 1. The molecule has 0 N–H and O–H groups in total. The Hall–Kier alpha value is -2.34. The van der Waals surface area contributed by atoms with Crippen LogP contribution in [0.15, 0.2) is 36.7 Å². The molecule has 0 amide bonds. The number of hydrogen-bond donors (Lipinski definition) is 0. The molecule has 1 aromatic heterocycles. The molecule has 2 rings (SSSR count). The average molecular weight is 238 g/mol. The predicted molar refractivity (Wildman–Crippen MR) is 69.2 cm³/mol. The molecule has 1 aromatic carbocycles. The summed E-state index contributed by atoms with van der Waals surface area (Å²) in [6.07, 6.45) is 3.52. The van der Waals surface area contributed by atoms with Gasteiger partial charge in [-0.15, -0.1) is 0 Å². The van der Waals surface area contributed by atoms with Crippen molar-refractivity contribution in [1.29, 1.82) is 5.26 Å². The van der Waals surface area contributed by atoms with Gasteiger partial charge in [-0.2, -0.15) is 5.26 Å². The number of nitrogens with zero attached hydrogens (tertiary/aromatic N) is 2. The van der Waals surface area contributed by atoms with Crippen LogP contribution < -0.4 is 4.74 Å². The maximum absolute atomic E-state index is 8.89. The lowest BCUT2D eigenvalue weighted by atomic mass is 10.1. The second-order valence-corrected chi connectivity index (χ2v) is 4.20. The van der Waals surface area contributed by atoms with Crippen LogP contribution in [0.4, 0.5) is 0 Å². The molecule has 0 saturated carbocycles. The molecule has 0 aliphatic rings. The fourth-order valence-corrected chi connectivity index (χ4v) is 1.88. The Morgan fingerprint density at radius 1 is 1.28 bits per heavy atom. The number of ether oxygens (including phenoxy) is 1. The van der Waals surface area contributed by atoms with Crippen molar-refractivity contribution in [3.8, 4) is 11.8 Å². The molecule has 0 aliphatic carbocycles.